The van der Waals surface area contributed by atoms with Gasteiger partial charge >= 0.3 is 0 Å². The first-order valence-corrected chi connectivity index (χ1v) is 7.45. The van der Waals surface area contributed by atoms with E-state index in [2.05, 4.69) is 21.2 Å². The van der Waals surface area contributed by atoms with Gasteiger partial charge in [-0.15, -0.1) is 0 Å². The van der Waals surface area contributed by atoms with E-state index in [1.54, 1.807) is 12.1 Å². The summed E-state index contributed by atoms with van der Waals surface area (Å²) in [4.78, 5) is 0. The minimum atomic E-state index is -0.326. The lowest BCUT2D eigenvalue weighted by molar-refractivity contribution is 0.476. The molecule has 1 aliphatic carbocycles. The second-order valence-electron chi connectivity index (χ2n) is 4.98. The molecule has 0 aliphatic heterocycles. The molecular formula is C16H15BrFNO. The Labute approximate surface area is 126 Å². The van der Waals surface area contributed by atoms with E-state index >= 15 is 0 Å². The average Bonchev–Trinajstić information content (AvgIpc) is 3.26. The SMILES string of the molecule is Fc1cc(Oc2ccc(CNC3CC3)cc2)ccc1Br. The largest absolute Gasteiger partial charge is 0.457 e. The molecule has 2 nitrogen and oxygen atoms in total. The Kier molecular flexibility index (Phi) is 4.03. The fourth-order valence-corrected chi connectivity index (χ4v) is 2.15. The van der Waals surface area contributed by atoms with Crippen molar-refractivity contribution in [3.05, 3.63) is 58.3 Å². The molecule has 1 saturated carbocycles. The molecule has 0 bridgehead atoms. The molecule has 104 valence electrons. The lowest BCUT2D eigenvalue weighted by atomic mass is 10.2. The lowest BCUT2D eigenvalue weighted by Gasteiger charge is -2.08. The van der Waals surface area contributed by atoms with Gasteiger partial charge in [0.1, 0.15) is 17.3 Å². The van der Waals surface area contributed by atoms with Crippen molar-refractivity contribution in [1.29, 1.82) is 0 Å². The molecule has 0 radical (unpaired) electrons. The summed E-state index contributed by atoms with van der Waals surface area (Å²) in [6.07, 6.45) is 2.58. The van der Waals surface area contributed by atoms with E-state index in [9.17, 15) is 4.39 Å². The third kappa shape index (κ3) is 3.58. The predicted octanol–water partition coefficient (Wildman–Crippen LogP) is 4.63. The smallest absolute Gasteiger partial charge is 0.141 e. The summed E-state index contributed by atoms with van der Waals surface area (Å²) in [6, 6.07) is 13.3. The Bertz CT molecular complexity index is 596. The minimum Gasteiger partial charge on any atom is -0.457 e. The number of benzene rings is 2. The summed E-state index contributed by atoms with van der Waals surface area (Å²) in [7, 11) is 0. The third-order valence-electron chi connectivity index (χ3n) is 3.22. The van der Waals surface area contributed by atoms with Crippen LogP contribution in [0.1, 0.15) is 18.4 Å². The van der Waals surface area contributed by atoms with Gasteiger partial charge in [0.15, 0.2) is 0 Å². The standard InChI is InChI=1S/C16H15BrFNO/c17-15-8-7-14(9-16(15)18)20-13-5-1-11(2-6-13)10-19-12-3-4-12/h1-2,5-9,12,19H,3-4,10H2. The summed E-state index contributed by atoms with van der Waals surface area (Å²) in [6.45, 7) is 0.887. The van der Waals surface area contributed by atoms with Crippen LogP contribution in [-0.4, -0.2) is 6.04 Å². The summed E-state index contributed by atoms with van der Waals surface area (Å²) in [5.74, 6) is 0.879. The fourth-order valence-electron chi connectivity index (χ4n) is 1.90. The van der Waals surface area contributed by atoms with Crippen LogP contribution in [0.4, 0.5) is 4.39 Å². The quantitative estimate of drug-likeness (QED) is 0.859. The molecule has 0 unspecified atom stereocenters. The molecule has 0 aromatic heterocycles. The zero-order valence-corrected chi connectivity index (χ0v) is 12.5. The molecular weight excluding hydrogens is 321 g/mol. The van der Waals surface area contributed by atoms with Gasteiger partial charge in [0.25, 0.3) is 0 Å². The molecule has 4 heteroatoms. The number of ether oxygens (including phenoxy) is 1. The van der Waals surface area contributed by atoms with Crippen molar-refractivity contribution in [1.82, 2.24) is 5.32 Å². The van der Waals surface area contributed by atoms with E-state index in [0.29, 0.717) is 22.0 Å². The fraction of sp³-hybridized carbons (Fsp3) is 0.250. The molecule has 0 saturated heterocycles. The highest BCUT2D eigenvalue weighted by Gasteiger charge is 2.19. The van der Waals surface area contributed by atoms with Crippen molar-refractivity contribution >= 4 is 15.9 Å². The molecule has 2 aromatic rings. The van der Waals surface area contributed by atoms with E-state index in [-0.39, 0.29) is 5.82 Å². The first kappa shape index (κ1) is 13.6. The van der Waals surface area contributed by atoms with Crippen LogP contribution >= 0.6 is 15.9 Å². The van der Waals surface area contributed by atoms with Crippen molar-refractivity contribution in [3.63, 3.8) is 0 Å². The Morgan fingerprint density at radius 3 is 2.45 bits per heavy atom. The maximum Gasteiger partial charge on any atom is 0.141 e. The number of rotatable bonds is 5. The van der Waals surface area contributed by atoms with Crippen LogP contribution in [0.5, 0.6) is 11.5 Å². The van der Waals surface area contributed by atoms with Gasteiger partial charge in [-0.3, -0.25) is 0 Å². The average molecular weight is 336 g/mol. The summed E-state index contributed by atoms with van der Waals surface area (Å²) >= 11 is 3.12. The van der Waals surface area contributed by atoms with E-state index < -0.39 is 0 Å². The Morgan fingerprint density at radius 1 is 1.10 bits per heavy atom. The van der Waals surface area contributed by atoms with E-state index in [1.165, 1.54) is 24.5 Å². The highest BCUT2D eigenvalue weighted by molar-refractivity contribution is 9.10. The summed E-state index contributed by atoms with van der Waals surface area (Å²) in [5.41, 5.74) is 1.23. The molecule has 0 amide bonds. The molecule has 2 aromatic carbocycles. The first-order valence-electron chi connectivity index (χ1n) is 6.66. The molecule has 1 aliphatic rings. The number of nitrogens with one attached hydrogen (secondary N) is 1. The van der Waals surface area contributed by atoms with Crippen LogP contribution in [0.15, 0.2) is 46.9 Å². The molecule has 3 rings (SSSR count). The van der Waals surface area contributed by atoms with Crippen LogP contribution in [-0.2, 0) is 6.54 Å². The second-order valence-corrected chi connectivity index (χ2v) is 5.83. The van der Waals surface area contributed by atoms with Gasteiger partial charge in [0.2, 0.25) is 0 Å². The zero-order chi connectivity index (χ0) is 13.9. The monoisotopic (exact) mass is 335 g/mol. The summed E-state index contributed by atoms with van der Waals surface area (Å²) in [5, 5.41) is 3.46. The van der Waals surface area contributed by atoms with Gasteiger partial charge in [-0.25, -0.2) is 4.39 Å². The predicted molar refractivity (Wildman–Crippen MR) is 80.5 cm³/mol. The maximum atomic E-state index is 13.4. The van der Waals surface area contributed by atoms with Crippen LogP contribution < -0.4 is 10.1 Å². The topological polar surface area (TPSA) is 21.3 Å². The normalized spacial score (nSPS) is 14.3. The van der Waals surface area contributed by atoms with Crippen molar-refractivity contribution in [2.75, 3.05) is 0 Å². The maximum absolute atomic E-state index is 13.4. The first-order chi connectivity index (χ1) is 9.70. The van der Waals surface area contributed by atoms with Crippen LogP contribution in [0, 0.1) is 5.82 Å². The third-order valence-corrected chi connectivity index (χ3v) is 3.87. The van der Waals surface area contributed by atoms with Crippen molar-refractivity contribution in [2.45, 2.75) is 25.4 Å². The number of hydrogen-bond donors (Lipinski definition) is 1. The molecule has 1 fully saturated rings. The minimum absolute atomic E-state index is 0.326. The van der Waals surface area contributed by atoms with Crippen LogP contribution in [0.2, 0.25) is 0 Å². The van der Waals surface area contributed by atoms with Gasteiger partial charge in [0.05, 0.1) is 4.47 Å². The molecule has 0 spiro atoms. The van der Waals surface area contributed by atoms with Gasteiger partial charge in [-0.05, 0) is 58.6 Å². The van der Waals surface area contributed by atoms with Crippen LogP contribution in [0.25, 0.3) is 0 Å². The van der Waals surface area contributed by atoms with E-state index in [1.807, 2.05) is 24.3 Å². The molecule has 1 N–H and O–H groups in total. The van der Waals surface area contributed by atoms with Crippen molar-refractivity contribution < 1.29 is 9.13 Å². The van der Waals surface area contributed by atoms with Gasteiger partial charge < -0.3 is 10.1 Å². The molecule has 0 heterocycles. The van der Waals surface area contributed by atoms with Gasteiger partial charge in [-0.1, -0.05) is 12.1 Å². The van der Waals surface area contributed by atoms with Gasteiger partial charge in [0, 0.05) is 18.7 Å². The number of hydrogen-bond acceptors (Lipinski definition) is 2. The van der Waals surface area contributed by atoms with E-state index in [0.717, 1.165) is 6.54 Å². The number of halogens is 2. The summed E-state index contributed by atoms with van der Waals surface area (Å²) < 4.78 is 19.5. The van der Waals surface area contributed by atoms with Crippen molar-refractivity contribution in [3.8, 4) is 11.5 Å². The Balaban J connectivity index is 1.62. The Morgan fingerprint density at radius 2 is 1.80 bits per heavy atom. The zero-order valence-electron chi connectivity index (χ0n) is 10.9. The van der Waals surface area contributed by atoms with E-state index in [4.69, 9.17) is 4.74 Å². The lowest BCUT2D eigenvalue weighted by Crippen LogP contribution is -2.14. The molecule has 0 atom stereocenters. The molecule has 20 heavy (non-hydrogen) atoms. The van der Waals surface area contributed by atoms with Gasteiger partial charge in [-0.2, -0.15) is 0 Å². The Hall–Kier alpha value is -1.39. The van der Waals surface area contributed by atoms with Crippen molar-refractivity contribution in [2.24, 2.45) is 0 Å². The highest BCUT2D eigenvalue weighted by Crippen LogP contribution is 2.26. The second kappa shape index (κ2) is 5.94. The van der Waals surface area contributed by atoms with Crippen LogP contribution in [0.3, 0.4) is 0 Å². The highest BCUT2D eigenvalue weighted by atomic mass is 79.9.